The molecule has 0 rings (SSSR count). The SMILES string of the molecule is O=COCCO[P+](O)(O)O. The summed E-state index contributed by atoms with van der Waals surface area (Å²) in [7, 11) is -4.15. The minimum absolute atomic E-state index is 0.118. The summed E-state index contributed by atoms with van der Waals surface area (Å²) in [6, 6.07) is 0. The van der Waals surface area contributed by atoms with E-state index in [1.165, 1.54) is 0 Å². The third-order valence-electron chi connectivity index (χ3n) is 0.534. The van der Waals surface area contributed by atoms with E-state index in [1.807, 2.05) is 0 Å². The van der Waals surface area contributed by atoms with Crippen LogP contribution in [0.15, 0.2) is 0 Å². The second-order valence-corrected chi connectivity index (χ2v) is 2.60. The third kappa shape index (κ3) is 7.74. The van der Waals surface area contributed by atoms with Crippen LogP contribution in [0.25, 0.3) is 0 Å². The minimum Gasteiger partial charge on any atom is -0.465 e. The van der Waals surface area contributed by atoms with Crippen molar-refractivity contribution in [2.24, 2.45) is 0 Å². The van der Waals surface area contributed by atoms with Gasteiger partial charge >= 0.3 is 8.17 Å². The van der Waals surface area contributed by atoms with Crippen molar-refractivity contribution in [3.05, 3.63) is 0 Å². The van der Waals surface area contributed by atoms with Crippen LogP contribution in [0.2, 0.25) is 0 Å². The van der Waals surface area contributed by atoms with Gasteiger partial charge in [-0.1, -0.05) is 0 Å². The first-order valence-electron chi connectivity index (χ1n) is 2.33. The van der Waals surface area contributed by atoms with Crippen LogP contribution in [-0.2, 0) is 14.1 Å². The van der Waals surface area contributed by atoms with Gasteiger partial charge in [0.15, 0.2) is 0 Å². The van der Waals surface area contributed by atoms with Gasteiger partial charge in [0.2, 0.25) is 0 Å². The molecule has 0 saturated heterocycles. The summed E-state index contributed by atoms with van der Waals surface area (Å²) in [4.78, 5) is 34.0. The van der Waals surface area contributed by atoms with E-state index < -0.39 is 8.17 Å². The van der Waals surface area contributed by atoms with Gasteiger partial charge < -0.3 is 4.74 Å². The first-order valence-corrected chi connectivity index (χ1v) is 3.90. The van der Waals surface area contributed by atoms with Gasteiger partial charge in [-0.05, 0) is 0 Å². The Morgan fingerprint density at radius 1 is 1.30 bits per heavy atom. The predicted octanol–water partition coefficient (Wildman–Crippen LogP) is -1.17. The van der Waals surface area contributed by atoms with Gasteiger partial charge in [-0.15, -0.1) is 4.52 Å². The van der Waals surface area contributed by atoms with Crippen LogP contribution in [0.1, 0.15) is 0 Å². The average molecular weight is 171 g/mol. The molecule has 3 N–H and O–H groups in total. The Balaban J connectivity index is 3.12. The number of hydrogen-bond donors (Lipinski definition) is 3. The molecule has 6 nitrogen and oxygen atoms in total. The second-order valence-electron chi connectivity index (χ2n) is 1.31. The molecule has 0 amide bonds. The van der Waals surface area contributed by atoms with Gasteiger partial charge in [0.05, 0.1) is 0 Å². The zero-order valence-corrected chi connectivity index (χ0v) is 5.90. The molecular weight excluding hydrogens is 163 g/mol. The molecule has 0 atom stereocenters. The molecule has 60 valence electrons. The molecule has 0 radical (unpaired) electrons. The van der Waals surface area contributed by atoms with E-state index in [0.717, 1.165) is 0 Å². The molecule has 0 bridgehead atoms. The highest BCUT2D eigenvalue weighted by molar-refractivity contribution is 7.53. The van der Waals surface area contributed by atoms with Crippen molar-refractivity contribution in [1.29, 1.82) is 0 Å². The maximum absolute atomic E-state index is 9.47. The van der Waals surface area contributed by atoms with Crippen molar-refractivity contribution >= 4 is 14.6 Å². The summed E-state index contributed by atoms with van der Waals surface area (Å²) in [5, 5.41) is 0. The normalized spacial score (nSPS) is 11.1. The van der Waals surface area contributed by atoms with Gasteiger partial charge in [0.25, 0.3) is 6.47 Å². The molecule has 0 fully saturated rings. The highest BCUT2D eigenvalue weighted by Gasteiger charge is 2.32. The molecule has 0 aliphatic carbocycles. The van der Waals surface area contributed by atoms with Crippen LogP contribution in [0.5, 0.6) is 0 Å². The Bertz CT molecular complexity index is 97.7. The first-order chi connectivity index (χ1) is 4.56. The zero-order valence-electron chi connectivity index (χ0n) is 5.01. The highest BCUT2D eigenvalue weighted by atomic mass is 31.2. The van der Waals surface area contributed by atoms with Crippen molar-refractivity contribution < 1.29 is 28.7 Å². The van der Waals surface area contributed by atoms with Crippen LogP contribution in [0.3, 0.4) is 0 Å². The third-order valence-corrected chi connectivity index (χ3v) is 1.06. The van der Waals surface area contributed by atoms with Gasteiger partial charge in [-0.25, -0.2) is 0 Å². The van der Waals surface area contributed by atoms with E-state index in [9.17, 15) is 4.79 Å². The van der Waals surface area contributed by atoms with Crippen LogP contribution >= 0.6 is 8.17 Å². The maximum atomic E-state index is 9.47. The number of rotatable bonds is 5. The van der Waals surface area contributed by atoms with Crippen molar-refractivity contribution in [3.8, 4) is 0 Å². The smallest absolute Gasteiger partial charge is 0.465 e. The lowest BCUT2D eigenvalue weighted by atomic mass is 10.8. The molecule has 0 aliphatic heterocycles. The van der Waals surface area contributed by atoms with Crippen molar-refractivity contribution in [1.82, 2.24) is 0 Å². The Hall–Kier alpha value is -0.260. The molecule has 0 saturated carbocycles. The van der Waals surface area contributed by atoms with Crippen LogP contribution in [0, 0.1) is 0 Å². The van der Waals surface area contributed by atoms with E-state index in [1.54, 1.807) is 0 Å². The molecule has 10 heavy (non-hydrogen) atoms. The molecule has 7 heteroatoms. The lowest BCUT2D eigenvalue weighted by Crippen LogP contribution is -2.04. The van der Waals surface area contributed by atoms with Crippen LogP contribution < -0.4 is 0 Å². The summed E-state index contributed by atoms with van der Waals surface area (Å²) >= 11 is 0. The molecule has 0 aromatic carbocycles. The van der Waals surface area contributed by atoms with E-state index >= 15 is 0 Å². The van der Waals surface area contributed by atoms with E-state index in [4.69, 9.17) is 14.7 Å². The van der Waals surface area contributed by atoms with Gasteiger partial charge in [0.1, 0.15) is 13.2 Å². The van der Waals surface area contributed by atoms with Crippen LogP contribution in [0.4, 0.5) is 0 Å². The molecule has 0 heterocycles. The lowest BCUT2D eigenvalue weighted by molar-refractivity contribution is -0.129. The fraction of sp³-hybridized carbons (Fsp3) is 0.667. The Labute approximate surface area is 57.7 Å². The van der Waals surface area contributed by atoms with Gasteiger partial charge in [-0.3, -0.25) is 4.79 Å². The number of ether oxygens (including phenoxy) is 1. The molecule has 0 aromatic rings. The summed E-state index contributed by atoms with van der Waals surface area (Å²) in [5.41, 5.74) is 0. The Morgan fingerprint density at radius 3 is 2.30 bits per heavy atom. The van der Waals surface area contributed by atoms with E-state index in [2.05, 4.69) is 9.26 Å². The number of carbonyl (C=O) groups is 1. The molecular formula is C3H8O6P+. The summed E-state index contributed by atoms with van der Waals surface area (Å²) in [6.45, 7) is -0.168. The fourth-order valence-electron chi connectivity index (χ4n) is 0.256. The van der Waals surface area contributed by atoms with Crippen molar-refractivity contribution in [2.45, 2.75) is 0 Å². The number of hydrogen-bond acceptors (Lipinski definition) is 6. The highest BCUT2D eigenvalue weighted by Crippen LogP contribution is 2.45. The summed E-state index contributed by atoms with van der Waals surface area (Å²) in [6.07, 6.45) is 0. The molecule has 0 aliphatic rings. The van der Waals surface area contributed by atoms with Gasteiger partial charge in [0, 0.05) is 0 Å². The first kappa shape index (κ1) is 9.74. The predicted molar refractivity (Wildman–Crippen MR) is 31.5 cm³/mol. The van der Waals surface area contributed by atoms with E-state index in [-0.39, 0.29) is 19.7 Å². The van der Waals surface area contributed by atoms with Crippen molar-refractivity contribution in [3.63, 3.8) is 0 Å². The minimum atomic E-state index is -4.15. The lowest BCUT2D eigenvalue weighted by Gasteiger charge is -2.00. The topological polar surface area (TPSA) is 96.2 Å². The average Bonchev–Trinajstić information content (AvgIpc) is 1.78. The molecule has 0 aromatic heterocycles. The van der Waals surface area contributed by atoms with Gasteiger partial charge in [-0.2, -0.15) is 14.7 Å². The maximum Gasteiger partial charge on any atom is 0.567 e. The second kappa shape index (κ2) is 4.54. The van der Waals surface area contributed by atoms with Crippen molar-refractivity contribution in [2.75, 3.05) is 13.2 Å². The summed E-state index contributed by atoms with van der Waals surface area (Å²) < 4.78 is 8.13. The Morgan fingerprint density at radius 2 is 1.90 bits per heavy atom. The number of carbonyl (C=O) groups excluding carboxylic acids is 1. The fourth-order valence-corrected chi connectivity index (χ4v) is 0.575. The largest absolute Gasteiger partial charge is 0.567 e. The quantitative estimate of drug-likeness (QED) is 0.274. The van der Waals surface area contributed by atoms with E-state index in [0.29, 0.717) is 0 Å². The Kier molecular flexibility index (Phi) is 4.42. The monoisotopic (exact) mass is 171 g/mol. The molecule has 0 unspecified atom stereocenters. The molecule has 0 spiro atoms. The zero-order chi connectivity index (χ0) is 8.04. The summed E-state index contributed by atoms with van der Waals surface area (Å²) in [5.74, 6) is 0. The van der Waals surface area contributed by atoms with Crippen LogP contribution in [-0.4, -0.2) is 34.4 Å². The standard InChI is InChI=1S/C3H8O6P/c4-3-8-1-2-9-10(5,6)7/h3,5-7H,1-2H2/q+1.